The van der Waals surface area contributed by atoms with E-state index in [1.165, 1.54) is 0 Å². The van der Waals surface area contributed by atoms with Crippen LogP contribution in [0, 0.1) is 29.6 Å². The third-order valence-corrected chi connectivity index (χ3v) is 1.55. The van der Waals surface area contributed by atoms with Crippen LogP contribution in [0.15, 0.2) is 0 Å². The smallest absolute Gasteiger partial charge is 0.122 e. The molecule has 0 saturated heterocycles. The van der Waals surface area contributed by atoms with Crippen molar-refractivity contribution >= 4 is 0 Å². The van der Waals surface area contributed by atoms with Gasteiger partial charge < -0.3 is 4.74 Å². The lowest BCUT2D eigenvalue weighted by molar-refractivity contribution is 0.0739. The number of hydrogen-bond donors (Lipinski definition) is 0. The van der Waals surface area contributed by atoms with Crippen LogP contribution in [0.5, 0.6) is 0 Å². The Bertz CT molecular complexity index is 242. The minimum Gasteiger partial charge on any atom is -0.366 e. The molecule has 0 aliphatic carbocycles. The molecule has 0 aromatic rings. The van der Waals surface area contributed by atoms with Gasteiger partial charge in [0.05, 0.1) is 5.41 Å². The first kappa shape index (κ1) is 11.1. The van der Waals surface area contributed by atoms with Crippen LogP contribution in [-0.4, -0.2) is 12.7 Å². The van der Waals surface area contributed by atoms with E-state index in [-0.39, 0.29) is 5.41 Å². The maximum absolute atomic E-state index is 5.28. The molecule has 12 heavy (non-hydrogen) atoms. The summed E-state index contributed by atoms with van der Waals surface area (Å²) < 4.78 is 5.14. The summed E-state index contributed by atoms with van der Waals surface area (Å²) in [6.45, 7) is 7.64. The zero-order valence-corrected chi connectivity index (χ0v) is 8.49. The molecule has 0 aromatic heterocycles. The molecule has 0 amide bonds. The molecule has 0 fully saturated rings. The predicted molar refractivity (Wildman–Crippen MR) is 51.5 cm³/mol. The maximum Gasteiger partial charge on any atom is 0.122 e. The molecule has 1 nitrogen and oxygen atoms in total. The van der Waals surface area contributed by atoms with Crippen LogP contribution in [0.25, 0.3) is 0 Å². The molecule has 0 atom stereocenters. The van der Waals surface area contributed by atoms with Crippen LogP contribution in [-0.2, 0) is 4.74 Å². The lowest BCUT2D eigenvalue weighted by Crippen LogP contribution is -2.20. The van der Waals surface area contributed by atoms with E-state index in [2.05, 4.69) is 17.8 Å². The van der Waals surface area contributed by atoms with Gasteiger partial charge in [-0.3, -0.25) is 0 Å². The zero-order chi connectivity index (χ0) is 9.83. The standard InChI is InChI=1S/C11H16O/c1-7-10(2,3)8-9-11(4,5)12-6/h1H,2-6H3. The van der Waals surface area contributed by atoms with Crippen molar-refractivity contribution in [3.05, 3.63) is 0 Å². The van der Waals surface area contributed by atoms with E-state index in [1.807, 2.05) is 27.7 Å². The summed E-state index contributed by atoms with van der Waals surface area (Å²) in [4.78, 5) is 0. The van der Waals surface area contributed by atoms with Crippen molar-refractivity contribution in [1.29, 1.82) is 0 Å². The van der Waals surface area contributed by atoms with Gasteiger partial charge in [-0.05, 0) is 27.7 Å². The molecule has 0 spiro atoms. The second kappa shape index (κ2) is 3.65. The lowest BCUT2D eigenvalue weighted by atomic mass is 9.94. The van der Waals surface area contributed by atoms with E-state index in [9.17, 15) is 0 Å². The van der Waals surface area contributed by atoms with E-state index in [0.717, 1.165) is 0 Å². The van der Waals surface area contributed by atoms with E-state index >= 15 is 0 Å². The fraction of sp³-hybridized carbons (Fsp3) is 0.636. The van der Waals surface area contributed by atoms with Crippen molar-refractivity contribution in [2.75, 3.05) is 7.11 Å². The van der Waals surface area contributed by atoms with Crippen molar-refractivity contribution in [1.82, 2.24) is 0 Å². The molecular formula is C11H16O. The second-order valence-electron chi connectivity index (χ2n) is 3.73. The monoisotopic (exact) mass is 164 g/mol. The average molecular weight is 164 g/mol. The summed E-state index contributed by atoms with van der Waals surface area (Å²) in [6.07, 6.45) is 5.28. The van der Waals surface area contributed by atoms with Crippen LogP contribution in [0.2, 0.25) is 0 Å². The van der Waals surface area contributed by atoms with Crippen LogP contribution < -0.4 is 0 Å². The van der Waals surface area contributed by atoms with Crippen molar-refractivity contribution in [2.24, 2.45) is 5.41 Å². The topological polar surface area (TPSA) is 9.23 Å². The minimum absolute atomic E-state index is 0.365. The fourth-order valence-corrected chi connectivity index (χ4v) is 0.394. The molecule has 0 N–H and O–H groups in total. The summed E-state index contributed by atoms with van der Waals surface area (Å²) in [5.41, 5.74) is -0.774. The number of ether oxygens (including phenoxy) is 1. The van der Waals surface area contributed by atoms with Crippen LogP contribution in [0.3, 0.4) is 0 Å². The molecule has 0 aliphatic rings. The number of terminal acetylenes is 1. The van der Waals surface area contributed by atoms with Gasteiger partial charge in [0, 0.05) is 7.11 Å². The molecule has 0 aliphatic heterocycles. The number of hydrogen-bond acceptors (Lipinski definition) is 1. The molecule has 0 heterocycles. The van der Waals surface area contributed by atoms with Crippen LogP contribution in [0.1, 0.15) is 27.7 Å². The molecule has 66 valence electrons. The largest absolute Gasteiger partial charge is 0.366 e. The van der Waals surface area contributed by atoms with Crippen molar-refractivity contribution in [2.45, 2.75) is 33.3 Å². The van der Waals surface area contributed by atoms with Gasteiger partial charge in [0.1, 0.15) is 5.60 Å². The van der Waals surface area contributed by atoms with Crippen molar-refractivity contribution < 1.29 is 4.74 Å². The Hall–Kier alpha value is -0.920. The van der Waals surface area contributed by atoms with Crippen molar-refractivity contribution in [3.63, 3.8) is 0 Å². The quantitative estimate of drug-likeness (QED) is 0.539. The number of methoxy groups -OCH3 is 1. The van der Waals surface area contributed by atoms with Gasteiger partial charge in [0.2, 0.25) is 0 Å². The predicted octanol–water partition coefficient (Wildman–Crippen LogP) is 2.07. The third kappa shape index (κ3) is 4.06. The SMILES string of the molecule is C#CC(C)(C)C#CC(C)(C)OC. The average Bonchev–Trinajstić information content (AvgIpc) is 2.02. The molecule has 0 radical (unpaired) electrons. The summed E-state index contributed by atoms with van der Waals surface area (Å²) in [7, 11) is 1.64. The lowest BCUT2D eigenvalue weighted by Gasteiger charge is -2.16. The van der Waals surface area contributed by atoms with Crippen molar-refractivity contribution in [3.8, 4) is 24.2 Å². The molecule has 1 heteroatoms. The Balaban J connectivity index is 4.53. The zero-order valence-electron chi connectivity index (χ0n) is 8.49. The van der Waals surface area contributed by atoms with E-state index in [0.29, 0.717) is 0 Å². The first-order valence-corrected chi connectivity index (χ1v) is 3.90. The highest BCUT2D eigenvalue weighted by Gasteiger charge is 2.14. The summed E-state index contributed by atoms with van der Waals surface area (Å²) >= 11 is 0. The highest BCUT2D eigenvalue weighted by atomic mass is 16.5. The Kier molecular flexibility index (Phi) is 3.37. The number of rotatable bonds is 1. The van der Waals surface area contributed by atoms with Gasteiger partial charge in [-0.2, -0.15) is 0 Å². The second-order valence-corrected chi connectivity index (χ2v) is 3.73. The fourth-order valence-electron chi connectivity index (χ4n) is 0.394. The molecule has 0 bridgehead atoms. The van der Waals surface area contributed by atoms with Gasteiger partial charge in [-0.25, -0.2) is 0 Å². The van der Waals surface area contributed by atoms with Gasteiger partial charge in [-0.1, -0.05) is 17.8 Å². The normalized spacial score (nSPS) is 11.3. The van der Waals surface area contributed by atoms with Gasteiger partial charge in [0.15, 0.2) is 0 Å². The summed E-state index contributed by atoms with van der Waals surface area (Å²) in [5, 5.41) is 0. The highest BCUT2D eigenvalue weighted by molar-refractivity contribution is 5.24. The van der Waals surface area contributed by atoms with Gasteiger partial charge in [0.25, 0.3) is 0 Å². The molecule has 0 rings (SSSR count). The van der Waals surface area contributed by atoms with E-state index in [4.69, 9.17) is 11.2 Å². The van der Waals surface area contributed by atoms with E-state index in [1.54, 1.807) is 7.11 Å². The molecule has 0 aromatic carbocycles. The molecular weight excluding hydrogens is 148 g/mol. The Labute approximate surface area is 75.5 Å². The Morgan fingerprint density at radius 1 is 1.08 bits per heavy atom. The Morgan fingerprint density at radius 3 is 1.92 bits per heavy atom. The summed E-state index contributed by atoms with van der Waals surface area (Å²) in [6, 6.07) is 0. The molecule has 0 unspecified atom stereocenters. The van der Waals surface area contributed by atoms with Crippen LogP contribution >= 0.6 is 0 Å². The van der Waals surface area contributed by atoms with E-state index < -0.39 is 5.60 Å². The molecule has 0 saturated carbocycles. The summed E-state index contributed by atoms with van der Waals surface area (Å²) in [5.74, 6) is 8.58. The first-order valence-electron chi connectivity index (χ1n) is 3.90. The highest BCUT2D eigenvalue weighted by Crippen LogP contribution is 2.12. The van der Waals surface area contributed by atoms with Gasteiger partial charge >= 0.3 is 0 Å². The van der Waals surface area contributed by atoms with Crippen LogP contribution in [0.4, 0.5) is 0 Å². The maximum atomic E-state index is 5.28. The Morgan fingerprint density at radius 2 is 1.58 bits per heavy atom. The van der Waals surface area contributed by atoms with Gasteiger partial charge in [-0.15, -0.1) is 6.42 Å². The first-order chi connectivity index (χ1) is 5.33. The minimum atomic E-state index is -0.409. The third-order valence-electron chi connectivity index (χ3n) is 1.55.